The number of aliphatic hydroxyl groups excluding tert-OH is 8. The number of nitrogens with two attached hydrogens (primary N) is 3. The van der Waals surface area contributed by atoms with Crippen LogP contribution in [-0.4, -0.2) is 166 Å². The molecule has 0 spiro atoms. The summed E-state index contributed by atoms with van der Waals surface area (Å²) in [5.41, 5.74) is 17.8. The van der Waals surface area contributed by atoms with Gasteiger partial charge < -0.3 is 81.7 Å². The lowest BCUT2D eigenvalue weighted by atomic mass is 9.86. The van der Waals surface area contributed by atoms with Gasteiger partial charge in [-0.2, -0.15) is 0 Å². The van der Waals surface area contributed by atoms with Crippen LogP contribution in [0.5, 0.6) is 0 Å². The molecule has 14 N–H and O–H groups in total. The molecule has 16 nitrogen and oxygen atoms in total. The van der Waals surface area contributed by atoms with Crippen molar-refractivity contribution < 1.29 is 64.5 Å². The summed E-state index contributed by atoms with van der Waals surface area (Å²) in [6, 6.07) is -2.99. The number of rotatable bonds is 11. The number of aliphatic hydroxyl groups is 8. The van der Waals surface area contributed by atoms with Crippen LogP contribution in [0.15, 0.2) is 0 Å². The second kappa shape index (κ2) is 15.5. The molecule has 3 aliphatic heterocycles. The van der Waals surface area contributed by atoms with E-state index in [0.717, 1.165) is 0 Å². The van der Waals surface area contributed by atoms with Gasteiger partial charge in [-0.3, -0.25) is 0 Å². The van der Waals surface area contributed by atoms with Crippen molar-refractivity contribution in [3.8, 4) is 0 Å². The van der Waals surface area contributed by atoms with Gasteiger partial charge in [0.1, 0.15) is 18.3 Å². The summed E-state index contributed by atoms with van der Waals surface area (Å²) in [4.78, 5) is 0. The van der Waals surface area contributed by atoms with Crippen LogP contribution in [-0.2, 0) is 23.7 Å². The molecule has 0 amide bonds. The average molecular weight is 574 g/mol. The van der Waals surface area contributed by atoms with Crippen LogP contribution in [0.25, 0.3) is 0 Å². The van der Waals surface area contributed by atoms with Gasteiger partial charge in [-0.05, 0) is 0 Å². The maximum absolute atomic E-state index is 10.8. The summed E-state index contributed by atoms with van der Waals surface area (Å²) in [5.74, 6) is -1.47. The van der Waals surface area contributed by atoms with Gasteiger partial charge in [0.15, 0.2) is 6.29 Å². The van der Waals surface area contributed by atoms with Gasteiger partial charge in [-0.25, -0.2) is 0 Å². The lowest BCUT2D eigenvalue weighted by Crippen LogP contribution is -2.63. The Morgan fingerprint density at radius 3 is 1.38 bits per heavy atom. The topological polar surface area (TPSA) is 286 Å². The smallest absolute Gasteiger partial charge is 0.172 e. The molecule has 0 aliphatic carbocycles. The van der Waals surface area contributed by atoms with Crippen LogP contribution in [0.3, 0.4) is 0 Å². The highest BCUT2D eigenvalue weighted by atomic mass is 16.6. The maximum atomic E-state index is 10.8. The fourth-order valence-electron chi connectivity index (χ4n) is 5.11. The van der Waals surface area contributed by atoms with Crippen LogP contribution in [0.4, 0.5) is 0 Å². The molecular formula is C23H47N3O13. The first-order chi connectivity index (χ1) is 18.0. The first-order valence-corrected chi connectivity index (χ1v) is 12.7. The second-order valence-electron chi connectivity index (χ2n) is 10.1. The van der Waals surface area contributed by atoms with Crippen molar-refractivity contribution in [2.45, 2.75) is 86.8 Å². The zero-order valence-corrected chi connectivity index (χ0v) is 21.0. The summed E-state index contributed by atoms with van der Waals surface area (Å²) < 4.78 is 27.9. The molecule has 0 saturated carbocycles. The monoisotopic (exact) mass is 573 g/mol. The molecule has 0 aromatic rings. The zero-order valence-electron chi connectivity index (χ0n) is 21.0. The molecule has 3 aliphatic rings. The van der Waals surface area contributed by atoms with Gasteiger partial charge in [-0.1, -0.05) is 7.43 Å². The Balaban J connectivity index is 0.00000533. The van der Waals surface area contributed by atoms with Gasteiger partial charge in [-0.15, -0.1) is 0 Å². The average Bonchev–Trinajstić information content (AvgIpc) is 2.91. The van der Waals surface area contributed by atoms with E-state index in [4.69, 9.17) is 40.9 Å². The van der Waals surface area contributed by atoms with Gasteiger partial charge >= 0.3 is 0 Å². The molecule has 0 bridgehead atoms. The fourth-order valence-corrected chi connectivity index (χ4v) is 5.11. The van der Waals surface area contributed by atoms with E-state index in [0.29, 0.717) is 0 Å². The van der Waals surface area contributed by atoms with Crippen LogP contribution in [0.1, 0.15) is 7.43 Å². The molecule has 0 aromatic heterocycles. The van der Waals surface area contributed by atoms with Gasteiger partial charge in [0, 0.05) is 11.8 Å². The molecule has 0 aromatic carbocycles. The molecule has 3 fully saturated rings. The van der Waals surface area contributed by atoms with Crippen molar-refractivity contribution in [3.05, 3.63) is 0 Å². The minimum absolute atomic E-state index is 0. The van der Waals surface area contributed by atoms with E-state index in [1.807, 2.05) is 0 Å². The van der Waals surface area contributed by atoms with Crippen molar-refractivity contribution in [3.63, 3.8) is 0 Å². The van der Waals surface area contributed by atoms with E-state index >= 15 is 0 Å². The molecule has 15 atom stereocenters. The molecule has 6 unspecified atom stereocenters. The SMILES string of the molecule is C.NC1[C@H](COC[C@@H]2C(CO)O[C@@H](COC[C@@H]3C(CO)O[C@@H](O)C(N)[C@@H]3O)C(N)[C@@H]2O)OC(CO)[C@@H](O)[C@H]1O. The van der Waals surface area contributed by atoms with Crippen molar-refractivity contribution >= 4 is 0 Å². The van der Waals surface area contributed by atoms with Crippen LogP contribution >= 0.6 is 0 Å². The third-order valence-electron chi connectivity index (χ3n) is 7.67. The van der Waals surface area contributed by atoms with E-state index in [-0.39, 0.29) is 33.9 Å². The van der Waals surface area contributed by atoms with Crippen molar-refractivity contribution in [2.24, 2.45) is 29.0 Å². The molecule has 3 rings (SSSR count). The Morgan fingerprint density at radius 2 is 0.897 bits per heavy atom. The maximum Gasteiger partial charge on any atom is 0.172 e. The summed E-state index contributed by atoms with van der Waals surface area (Å²) in [7, 11) is 0. The highest BCUT2D eigenvalue weighted by Gasteiger charge is 2.46. The molecule has 0 radical (unpaired) electrons. The van der Waals surface area contributed by atoms with Crippen LogP contribution in [0, 0.1) is 11.8 Å². The van der Waals surface area contributed by atoms with E-state index in [9.17, 15) is 40.9 Å². The Hall–Kier alpha value is -0.640. The van der Waals surface area contributed by atoms with E-state index in [2.05, 4.69) is 0 Å². The largest absolute Gasteiger partial charge is 0.394 e. The lowest BCUT2D eigenvalue weighted by molar-refractivity contribution is -0.243. The minimum Gasteiger partial charge on any atom is -0.394 e. The van der Waals surface area contributed by atoms with E-state index in [1.165, 1.54) is 0 Å². The molecular weight excluding hydrogens is 526 g/mol. The van der Waals surface area contributed by atoms with Crippen molar-refractivity contribution in [2.75, 3.05) is 46.2 Å². The normalized spacial score (nSPS) is 47.0. The van der Waals surface area contributed by atoms with Crippen LogP contribution < -0.4 is 17.2 Å². The summed E-state index contributed by atoms with van der Waals surface area (Å²) in [6.07, 6.45) is -10.9. The first kappa shape index (κ1) is 34.6. The number of hydrogen-bond acceptors (Lipinski definition) is 16. The second-order valence-corrected chi connectivity index (χ2v) is 10.1. The zero-order chi connectivity index (χ0) is 28.1. The molecule has 16 heteroatoms. The Kier molecular flexibility index (Phi) is 13.8. The molecule has 3 saturated heterocycles. The predicted molar refractivity (Wildman–Crippen MR) is 133 cm³/mol. The number of hydrogen-bond donors (Lipinski definition) is 11. The standard InChI is InChI=1S/C22H43N3O13.CH4/c23-15-13(6-35-5-9-11(2-27)38-22(33)17(25)19(9)30)36-10(1-26)8(18(15)29)4-34-7-14-16(24)21(32)20(31)12(3-28)37-14;/h8-22,26-33H,1-7,23-25H2;1H4/t8-,9-,10?,11?,12?,13+,14+,15?,16?,17?,18-,19-,20-,21+,22-;/m1./s1. The molecule has 232 valence electrons. The summed E-state index contributed by atoms with van der Waals surface area (Å²) in [6.45, 7) is -1.91. The van der Waals surface area contributed by atoms with Crippen molar-refractivity contribution in [1.82, 2.24) is 0 Å². The minimum atomic E-state index is -1.43. The Morgan fingerprint density at radius 1 is 0.487 bits per heavy atom. The Labute approximate surface area is 227 Å². The Bertz CT molecular complexity index is 708. The molecule has 39 heavy (non-hydrogen) atoms. The van der Waals surface area contributed by atoms with Crippen LogP contribution in [0.2, 0.25) is 0 Å². The summed E-state index contributed by atoms with van der Waals surface area (Å²) >= 11 is 0. The third kappa shape index (κ3) is 7.81. The predicted octanol–water partition coefficient (Wildman–Crippen LogP) is -6.46. The quantitative estimate of drug-likeness (QED) is 0.109. The highest BCUT2D eigenvalue weighted by Crippen LogP contribution is 2.28. The van der Waals surface area contributed by atoms with Crippen molar-refractivity contribution in [1.29, 1.82) is 0 Å². The van der Waals surface area contributed by atoms with Gasteiger partial charge in [0.25, 0.3) is 0 Å². The lowest BCUT2D eigenvalue weighted by Gasteiger charge is -2.44. The van der Waals surface area contributed by atoms with E-state index in [1.54, 1.807) is 0 Å². The highest BCUT2D eigenvalue weighted by molar-refractivity contribution is 4.97. The van der Waals surface area contributed by atoms with Gasteiger partial charge in [0.2, 0.25) is 0 Å². The third-order valence-corrected chi connectivity index (χ3v) is 7.67. The number of ether oxygens (including phenoxy) is 5. The van der Waals surface area contributed by atoms with Gasteiger partial charge in [0.05, 0.1) is 101 Å². The fraction of sp³-hybridized carbons (Fsp3) is 1.00. The first-order valence-electron chi connectivity index (χ1n) is 12.7. The summed E-state index contributed by atoms with van der Waals surface area (Å²) in [5, 5.41) is 79.6. The van der Waals surface area contributed by atoms with E-state index < -0.39 is 111 Å². The molecule has 3 heterocycles.